The van der Waals surface area contributed by atoms with Crippen molar-refractivity contribution in [3.8, 4) is 22.3 Å². The average molecular weight is 504 g/mol. The third-order valence-corrected chi connectivity index (χ3v) is 5.50. The van der Waals surface area contributed by atoms with Crippen LogP contribution >= 0.6 is 0 Å². The second-order valence-corrected chi connectivity index (χ2v) is 7.38. The van der Waals surface area contributed by atoms with Crippen molar-refractivity contribution in [2.75, 3.05) is 0 Å². The fourth-order valence-electron chi connectivity index (χ4n) is 4.12. The molecule has 0 amide bonds. The Kier molecular flexibility index (Phi) is 7.82. The Hall–Kier alpha value is -2.80. The van der Waals surface area contributed by atoms with Gasteiger partial charge in [0.2, 0.25) is 0 Å². The molecule has 0 saturated heterocycles. The zero-order valence-corrected chi connectivity index (χ0v) is 21.8. The van der Waals surface area contributed by atoms with Crippen LogP contribution in [0.25, 0.3) is 43.8 Å². The molecule has 2 heteroatoms. The summed E-state index contributed by atoms with van der Waals surface area (Å²) in [7, 11) is 0. The van der Waals surface area contributed by atoms with Gasteiger partial charge in [0.1, 0.15) is 0 Å². The Morgan fingerprint density at radius 1 is 0.531 bits per heavy atom. The summed E-state index contributed by atoms with van der Waals surface area (Å²) in [5.41, 5.74) is 5.13. The van der Waals surface area contributed by atoms with Crippen LogP contribution in [0.4, 0.5) is 0 Å². The molecule has 0 bridgehead atoms. The molecule has 152 valence electrons. The van der Waals surface area contributed by atoms with Gasteiger partial charge < -0.3 is 0 Å². The summed E-state index contributed by atoms with van der Waals surface area (Å²) in [6.45, 7) is 1.95. The molecule has 6 aromatic carbocycles. The van der Waals surface area contributed by atoms with Crippen LogP contribution in [0, 0.1) is 0 Å². The number of hydrogen-bond acceptors (Lipinski definition) is 0. The monoisotopic (exact) mass is 502 g/mol. The van der Waals surface area contributed by atoms with Crippen LogP contribution in [0.2, 0.25) is 0 Å². The van der Waals surface area contributed by atoms with E-state index in [-0.39, 0.29) is 0 Å². The van der Waals surface area contributed by atoms with Crippen LogP contribution in [0.15, 0.2) is 133 Å². The van der Waals surface area contributed by atoms with Gasteiger partial charge >= 0.3 is 30.2 Å². The first kappa shape index (κ1) is 22.4. The second kappa shape index (κ2) is 11.2. The van der Waals surface area contributed by atoms with Gasteiger partial charge in [-0.05, 0) is 11.1 Å². The van der Waals surface area contributed by atoms with Gasteiger partial charge in [0, 0.05) is 0 Å². The Morgan fingerprint density at radius 3 is 1.75 bits per heavy atom. The predicted molar refractivity (Wildman–Crippen MR) is 138 cm³/mol. The van der Waals surface area contributed by atoms with E-state index in [1.807, 2.05) is 37.2 Å². The van der Waals surface area contributed by atoms with Crippen LogP contribution in [0.5, 0.6) is 0 Å². The van der Waals surface area contributed by atoms with Crippen LogP contribution in [0.1, 0.15) is 0 Å². The fourth-order valence-corrected chi connectivity index (χ4v) is 4.12. The number of fused-ring (bicyclic) bond motifs is 3. The Morgan fingerprint density at radius 2 is 1.12 bits per heavy atom. The molecule has 0 spiro atoms. The maximum Gasteiger partial charge on any atom is -0.0253 e. The van der Waals surface area contributed by atoms with Gasteiger partial charge in [0.05, 0.1) is 0 Å². The number of rotatable bonds is 2. The van der Waals surface area contributed by atoms with E-state index in [0.29, 0.717) is 0 Å². The Labute approximate surface area is 206 Å². The Bertz CT molecular complexity index is 1360. The van der Waals surface area contributed by atoms with Crippen LogP contribution < -0.4 is 0 Å². The van der Waals surface area contributed by atoms with Crippen LogP contribution in [0.3, 0.4) is 0 Å². The van der Waals surface area contributed by atoms with E-state index in [4.69, 9.17) is 0 Å². The maximum absolute atomic E-state index is 2.33. The van der Waals surface area contributed by atoms with E-state index in [2.05, 4.69) is 103 Å². The van der Waals surface area contributed by atoms with Gasteiger partial charge in [-0.3, -0.25) is 0 Å². The van der Waals surface area contributed by atoms with Crippen LogP contribution in [-0.4, -0.2) is 6.88 Å². The van der Waals surface area contributed by atoms with E-state index in [1.165, 1.54) is 43.8 Å². The normalized spacial score (nSPS) is 10.2. The van der Waals surface area contributed by atoms with Gasteiger partial charge in [-0.1, -0.05) is 102 Å². The van der Waals surface area contributed by atoms with Gasteiger partial charge in [0.25, 0.3) is 0 Å². The van der Waals surface area contributed by atoms with Crippen molar-refractivity contribution in [1.82, 2.24) is 0 Å². The maximum atomic E-state index is 2.33. The molecule has 0 aliphatic carbocycles. The summed E-state index contributed by atoms with van der Waals surface area (Å²) in [5.74, 6) is 0. The Balaban J connectivity index is 0.000000305. The summed E-state index contributed by atoms with van der Waals surface area (Å²) < 4.78 is 0. The summed E-state index contributed by atoms with van der Waals surface area (Å²) in [6, 6.07) is 46.9. The molecule has 0 aliphatic rings. The molecule has 0 atom stereocenters. The molecule has 0 heterocycles. The SMILES string of the molecule is [SiH2]=[Zr+2].c1cc[cH-]c1.c1ccc(-c2ccc3c([cH-]c4ccccc43)c2-c2ccccc2)cc1. The minimum absolute atomic E-state index is 1.26. The zero-order valence-electron chi connectivity index (χ0n) is 17.9. The molecule has 6 rings (SSSR count). The first-order chi connectivity index (χ1) is 15.9. The van der Waals surface area contributed by atoms with Gasteiger partial charge in [0.15, 0.2) is 0 Å². The quantitative estimate of drug-likeness (QED) is 0.169. The zero-order chi connectivity index (χ0) is 22.2. The van der Waals surface area contributed by atoms with Crippen molar-refractivity contribution in [2.45, 2.75) is 0 Å². The van der Waals surface area contributed by atoms with Gasteiger partial charge in [-0.25, -0.2) is 12.1 Å². The predicted octanol–water partition coefficient (Wildman–Crippen LogP) is 7.53. The van der Waals surface area contributed by atoms with Gasteiger partial charge in [-0.15, -0.1) is 33.7 Å². The van der Waals surface area contributed by atoms with E-state index >= 15 is 0 Å². The smallest absolute Gasteiger partial charge is 0.0253 e. The molecule has 0 unspecified atom stereocenters. The minimum Gasteiger partial charge on any atom is -0.214 e. The molecule has 0 aromatic heterocycles. The summed E-state index contributed by atoms with van der Waals surface area (Å²) in [4.78, 5) is 0. The molecule has 0 radical (unpaired) electrons. The van der Waals surface area contributed by atoms with Crippen LogP contribution in [-0.2, 0) is 23.3 Å². The molecule has 0 fully saturated rings. The summed E-state index contributed by atoms with van der Waals surface area (Å²) >= 11 is 1.58. The van der Waals surface area contributed by atoms with Crippen molar-refractivity contribution in [3.63, 3.8) is 0 Å². The van der Waals surface area contributed by atoms with Crippen molar-refractivity contribution in [3.05, 3.63) is 133 Å². The minimum atomic E-state index is 1.26. The molecule has 0 saturated carbocycles. The standard InChI is InChI=1S/C25H17.C5H5.H2Si.Zr/c1-3-9-18(10-4-1)22-15-16-23-21-14-8-7-13-20(21)17-24(23)25(22)19-11-5-2-6-12-19;1-2-4-5-3-1;;/h1-17H;1-5H;1H2;/q2*-1;;+2. The fraction of sp³-hybridized carbons (Fsp3) is 0. The van der Waals surface area contributed by atoms with Crippen molar-refractivity contribution < 1.29 is 23.3 Å². The largest absolute Gasteiger partial charge is 0.214 e. The van der Waals surface area contributed by atoms with E-state index in [0.717, 1.165) is 0 Å². The molecular formula is C30H24SiZr. The third kappa shape index (κ3) is 4.83. The average Bonchev–Trinajstić information content (AvgIpc) is 3.58. The van der Waals surface area contributed by atoms with Crippen molar-refractivity contribution in [2.24, 2.45) is 0 Å². The summed E-state index contributed by atoms with van der Waals surface area (Å²) in [6.07, 6.45) is 0. The summed E-state index contributed by atoms with van der Waals surface area (Å²) in [5, 5.41) is 5.29. The van der Waals surface area contributed by atoms with E-state index in [9.17, 15) is 0 Å². The second-order valence-electron chi connectivity index (χ2n) is 7.38. The van der Waals surface area contributed by atoms with E-state index in [1.54, 1.807) is 23.3 Å². The third-order valence-electron chi connectivity index (χ3n) is 5.50. The van der Waals surface area contributed by atoms with Crippen molar-refractivity contribution in [1.29, 1.82) is 0 Å². The first-order valence-electron chi connectivity index (χ1n) is 10.7. The molecule has 32 heavy (non-hydrogen) atoms. The number of benzene rings is 4. The van der Waals surface area contributed by atoms with Gasteiger partial charge in [-0.2, -0.15) is 18.2 Å². The molecule has 6 aromatic rings. The first-order valence-corrected chi connectivity index (χ1v) is 16.6. The number of hydrogen-bond donors (Lipinski definition) is 0. The van der Waals surface area contributed by atoms with Crippen molar-refractivity contribution >= 4 is 28.4 Å². The molecular weight excluding hydrogens is 480 g/mol. The molecule has 0 N–H and O–H groups in total. The molecule has 0 nitrogen and oxygen atoms in total. The topological polar surface area (TPSA) is 0 Å². The van der Waals surface area contributed by atoms with E-state index < -0.39 is 0 Å². The molecule has 0 aliphatic heterocycles.